The molecule has 0 heterocycles. The second kappa shape index (κ2) is 8.75. The van der Waals surface area contributed by atoms with E-state index in [4.69, 9.17) is 28.6 Å². The first kappa shape index (κ1) is 22.3. The van der Waals surface area contributed by atoms with E-state index in [1.54, 1.807) is 0 Å². The lowest BCUT2D eigenvalue weighted by atomic mass is 9.98. The van der Waals surface area contributed by atoms with Crippen LogP contribution in [0.4, 0.5) is 13.2 Å². The van der Waals surface area contributed by atoms with E-state index in [9.17, 15) is 23.1 Å². The first-order valence-corrected chi connectivity index (χ1v) is 8.08. The monoisotopic (exact) mass is 411 g/mol. The number of carbonyl (C=O) groups excluding carboxylic acids is 1. The number of nitrogens with zero attached hydrogens (tertiary/aromatic N) is 1. The Morgan fingerprint density at radius 3 is 2.38 bits per heavy atom. The average molecular weight is 412 g/mol. The maximum atomic E-state index is 12.7. The maximum absolute atomic E-state index is 12.7. The van der Waals surface area contributed by atoms with E-state index < -0.39 is 24.4 Å². The molecule has 10 heteroatoms. The number of aliphatic hydroxyl groups excluding tert-OH is 1. The van der Waals surface area contributed by atoms with Crippen molar-refractivity contribution in [2.24, 2.45) is 0 Å². The van der Waals surface area contributed by atoms with Gasteiger partial charge in [-0.3, -0.25) is 9.69 Å². The van der Waals surface area contributed by atoms with Crippen LogP contribution in [0.25, 0.3) is 0 Å². The maximum Gasteiger partial charge on any atom is 0.401 e. The van der Waals surface area contributed by atoms with Gasteiger partial charge in [0.25, 0.3) is 0 Å². The largest absolute Gasteiger partial charge is 0.494 e. The van der Waals surface area contributed by atoms with E-state index >= 15 is 0 Å². The minimum atomic E-state index is -4.40. The number of allylic oxidation sites excluding steroid dienone is 1. The van der Waals surface area contributed by atoms with Crippen molar-refractivity contribution in [1.82, 2.24) is 10.2 Å². The van der Waals surface area contributed by atoms with Crippen LogP contribution in [-0.2, 0) is 6.54 Å². The quantitative estimate of drug-likeness (QED) is 0.272. The van der Waals surface area contributed by atoms with Gasteiger partial charge in [0.05, 0.1) is 11.6 Å². The molecule has 1 aromatic rings. The summed E-state index contributed by atoms with van der Waals surface area (Å²) in [5.74, 6) is -1.25. The van der Waals surface area contributed by atoms with Gasteiger partial charge in [-0.05, 0) is 26.1 Å². The molecule has 0 unspecified atom stereocenters. The third-order valence-corrected chi connectivity index (χ3v) is 4.17. The lowest BCUT2D eigenvalue weighted by molar-refractivity contribution is -0.144. The van der Waals surface area contributed by atoms with Gasteiger partial charge in [0.2, 0.25) is 5.78 Å². The topological polar surface area (TPSA) is 76.4 Å². The van der Waals surface area contributed by atoms with E-state index in [-0.39, 0.29) is 39.0 Å². The zero-order valence-electron chi connectivity index (χ0n) is 14.3. The number of carbonyl (C=O) groups is 1. The van der Waals surface area contributed by atoms with Crippen molar-refractivity contribution < 1.29 is 23.1 Å². The lowest BCUT2D eigenvalue weighted by Crippen LogP contribution is -2.30. The summed E-state index contributed by atoms with van der Waals surface area (Å²) in [6.45, 7) is -0.106. The Balaban J connectivity index is 3.33. The molecule has 0 fully saturated rings. The van der Waals surface area contributed by atoms with Gasteiger partial charge in [-0.25, -0.2) is 0 Å². The Bertz CT molecular complexity index is 749. The number of hydrogen-bond acceptors (Lipinski definition) is 5. The number of nitrogens with one attached hydrogen (secondary N) is 2. The Morgan fingerprint density at radius 1 is 1.35 bits per heavy atom. The summed E-state index contributed by atoms with van der Waals surface area (Å²) in [5, 5.41) is 19.8. The summed E-state index contributed by atoms with van der Waals surface area (Å²) < 4.78 is 37.5. The molecule has 0 radical (unpaired) electrons. The van der Waals surface area contributed by atoms with E-state index in [2.05, 4.69) is 5.32 Å². The summed E-state index contributed by atoms with van der Waals surface area (Å²) in [6.07, 6.45) is -4.40. The highest BCUT2D eigenvalue weighted by molar-refractivity contribution is 6.40. The van der Waals surface area contributed by atoms with E-state index in [0.29, 0.717) is 0 Å². The summed E-state index contributed by atoms with van der Waals surface area (Å²) in [4.78, 5) is 13.6. The van der Waals surface area contributed by atoms with Gasteiger partial charge in [-0.15, -0.1) is 0 Å². The summed E-state index contributed by atoms with van der Waals surface area (Å²) in [7, 11) is 2.61. The van der Waals surface area contributed by atoms with Crippen molar-refractivity contribution in [3.05, 3.63) is 44.8 Å². The molecular weight excluding hydrogens is 394 g/mol. The predicted octanol–water partition coefficient (Wildman–Crippen LogP) is 4.20. The van der Waals surface area contributed by atoms with Crippen LogP contribution >= 0.6 is 23.2 Å². The second-order valence-electron chi connectivity index (χ2n) is 5.60. The molecule has 3 N–H and O–H groups in total. The smallest absolute Gasteiger partial charge is 0.401 e. The molecule has 0 saturated carbocycles. The normalized spacial score (nSPS) is 12.8. The van der Waals surface area contributed by atoms with Crippen molar-refractivity contribution in [3.63, 3.8) is 0 Å². The van der Waals surface area contributed by atoms with Crippen LogP contribution in [0.2, 0.25) is 10.0 Å². The van der Waals surface area contributed by atoms with Crippen molar-refractivity contribution in [3.8, 4) is 0 Å². The molecule has 1 aromatic carbocycles. The number of Topliss-reactive ketones (excluding diaryl/α,β-unsaturated/α-hetero) is 1. The Morgan fingerprint density at radius 2 is 1.92 bits per heavy atom. The van der Waals surface area contributed by atoms with Gasteiger partial charge in [0, 0.05) is 35.5 Å². The second-order valence-corrected chi connectivity index (χ2v) is 6.39. The summed E-state index contributed by atoms with van der Waals surface area (Å²) in [6, 6.07) is 2.64. The molecule has 5 nitrogen and oxygen atoms in total. The van der Waals surface area contributed by atoms with Gasteiger partial charge < -0.3 is 15.8 Å². The third kappa shape index (κ3) is 5.62. The summed E-state index contributed by atoms with van der Waals surface area (Å²) in [5.41, 5.74) is -0.429. The fourth-order valence-corrected chi connectivity index (χ4v) is 2.84. The highest BCUT2D eigenvalue weighted by Crippen LogP contribution is 2.31. The molecule has 0 aromatic heterocycles. The van der Waals surface area contributed by atoms with Crippen LogP contribution in [0.15, 0.2) is 23.6 Å². The molecule has 144 valence electrons. The van der Waals surface area contributed by atoms with E-state index in [0.717, 1.165) is 4.90 Å². The first-order chi connectivity index (χ1) is 11.9. The molecule has 0 bridgehead atoms. The number of ketones is 1. The zero-order valence-corrected chi connectivity index (χ0v) is 15.8. The van der Waals surface area contributed by atoms with E-state index in [1.165, 1.54) is 33.2 Å². The predicted molar refractivity (Wildman–Crippen MR) is 95.3 cm³/mol. The van der Waals surface area contributed by atoms with Crippen LogP contribution in [0.5, 0.6) is 0 Å². The number of hydrogen-bond donors (Lipinski definition) is 3. The number of benzene rings is 1. The highest BCUT2D eigenvalue weighted by Gasteiger charge is 2.30. The average Bonchev–Trinajstić information content (AvgIpc) is 2.49. The Kier molecular flexibility index (Phi) is 7.49. The molecule has 26 heavy (non-hydrogen) atoms. The molecule has 0 aliphatic heterocycles. The van der Waals surface area contributed by atoms with Crippen LogP contribution < -0.4 is 5.32 Å². The fourth-order valence-electron chi connectivity index (χ4n) is 2.26. The molecule has 0 spiro atoms. The van der Waals surface area contributed by atoms with E-state index in [1.807, 2.05) is 0 Å². The molecule has 0 aliphatic rings. The minimum absolute atomic E-state index is 0.0742. The third-order valence-electron chi connectivity index (χ3n) is 3.38. The molecule has 0 saturated heterocycles. The van der Waals surface area contributed by atoms with Crippen LogP contribution in [0.1, 0.15) is 22.8 Å². The number of aliphatic hydroxyl groups is 1. The number of rotatable bonds is 7. The van der Waals surface area contributed by atoms with Gasteiger partial charge in [-0.1, -0.05) is 23.2 Å². The molecule has 0 aliphatic carbocycles. The van der Waals surface area contributed by atoms with Crippen LogP contribution in [0, 0.1) is 5.41 Å². The first-order valence-electron chi connectivity index (χ1n) is 7.32. The highest BCUT2D eigenvalue weighted by atomic mass is 35.5. The fraction of sp³-hybridized carbons (Fsp3) is 0.375. The van der Waals surface area contributed by atoms with Crippen LogP contribution in [0.3, 0.4) is 0 Å². The van der Waals surface area contributed by atoms with Crippen LogP contribution in [-0.4, -0.2) is 48.3 Å². The lowest BCUT2D eigenvalue weighted by Gasteiger charge is -2.21. The molecular formula is C16H18Cl2F3N3O2. The van der Waals surface area contributed by atoms with Gasteiger partial charge in [0.1, 0.15) is 5.57 Å². The number of halogens is 5. The minimum Gasteiger partial charge on any atom is -0.494 e. The Labute approximate surface area is 158 Å². The Hall–Kier alpha value is -1.77. The zero-order chi connectivity index (χ0) is 20.2. The van der Waals surface area contributed by atoms with Gasteiger partial charge in [0.15, 0.2) is 5.88 Å². The van der Waals surface area contributed by atoms with Gasteiger partial charge in [-0.2, -0.15) is 13.2 Å². The number of alkyl halides is 3. The molecule has 1 rings (SSSR count). The van der Waals surface area contributed by atoms with Crippen molar-refractivity contribution in [1.29, 1.82) is 5.41 Å². The van der Waals surface area contributed by atoms with Crippen molar-refractivity contribution >= 4 is 34.7 Å². The van der Waals surface area contributed by atoms with Gasteiger partial charge >= 0.3 is 6.18 Å². The van der Waals surface area contributed by atoms with Crippen molar-refractivity contribution in [2.45, 2.75) is 19.6 Å². The SMILES string of the molecule is CN/C(O)=C(\C(C)=N)C(=O)c1ccc(Cl)c(CN(C)CC(F)(F)F)c1Cl. The summed E-state index contributed by atoms with van der Waals surface area (Å²) >= 11 is 12.2. The molecule has 0 atom stereocenters. The molecule has 0 amide bonds. The standard InChI is InChI=1S/C16H18Cl2F3N3O2/c1-8(22)12(15(26)23-2)14(25)9-4-5-11(17)10(13(9)18)6-24(3)7-16(19,20)21/h4-5,22-23,26H,6-7H2,1-3H3/b15-12-,22-8?. The van der Waals surface area contributed by atoms with Crippen molar-refractivity contribution in [2.75, 3.05) is 20.6 Å².